The number of carbonyl (C=O) groups is 1. The van der Waals surface area contributed by atoms with Crippen LogP contribution in [0.25, 0.3) is 6.08 Å². The topological polar surface area (TPSA) is 44.8 Å². The molecule has 0 amide bonds. The Morgan fingerprint density at radius 1 is 1.14 bits per heavy atom. The van der Waals surface area contributed by atoms with Crippen molar-refractivity contribution in [2.75, 3.05) is 20.8 Å². The Hall–Kier alpha value is -3.03. The van der Waals surface area contributed by atoms with Gasteiger partial charge in [-0.2, -0.15) is 13.2 Å². The summed E-state index contributed by atoms with van der Waals surface area (Å²) in [4.78, 5) is 13.0. The molecular weight excluding hydrogens is 380 g/mol. The molecule has 2 aromatic carbocycles. The molecule has 0 spiro atoms. The van der Waals surface area contributed by atoms with Gasteiger partial charge in [-0.15, -0.1) is 0 Å². The summed E-state index contributed by atoms with van der Waals surface area (Å²) in [5.74, 6) is -0.930. The van der Waals surface area contributed by atoms with Crippen molar-refractivity contribution in [3.05, 3.63) is 58.4 Å². The maximum Gasteiger partial charge on any atom is 0.417 e. The lowest BCUT2D eigenvalue weighted by molar-refractivity contribution is -0.137. The average Bonchev–Trinajstić information content (AvgIpc) is 2.80. The normalized spacial score (nSPS) is 15.6. The molecule has 0 radical (unpaired) electrons. The van der Waals surface area contributed by atoms with Crippen LogP contribution < -0.4 is 14.2 Å². The van der Waals surface area contributed by atoms with Crippen LogP contribution in [0.15, 0.2) is 35.9 Å². The van der Waals surface area contributed by atoms with E-state index < -0.39 is 28.9 Å². The van der Waals surface area contributed by atoms with E-state index >= 15 is 0 Å². The maximum absolute atomic E-state index is 14.2. The first kappa shape index (κ1) is 19.7. The van der Waals surface area contributed by atoms with Gasteiger partial charge in [-0.1, -0.05) is 6.07 Å². The summed E-state index contributed by atoms with van der Waals surface area (Å²) in [6, 6.07) is 5.62. The Labute approximate surface area is 158 Å². The van der Waals surface area contributed by atoms with E-state index in [1.165, 1.54) is 26.4 Å². The molecule has 0 saturated heterocycles. The first-order valence-electron chi connectivity index (χ1n) is 8.26. The monoisotopic (exact) mass is 396 g/mol. The lowest BCUT2D eigenvalue weighted by atomic mass is 9.96. The molecule has 0 N–H and O–H groups in total. The van der Waals surface area contributed by atoms with Crippen LogP contribution in [0, 0.1) is 5.82 Å². The van der Waals surface area contributed by atoms with Crippen molar-refractivity contribution in [2.24, 2.45) is 0 Å². The van der Waals surface area contributed by atoms with Crippen molar-refractivity contribution < 1.29 is 36.6 Å². The van der Waals surface area contributed by atoms with Gasteiger partial charge in [0.05, 0.1) is 26.4 Å². The molecule has 28 heavy (non-hydrogen) atoms. The quantitative estimate of drug-likeness (QED) is 0.546. The van der Waals surface area contributed by atoms with E-state index in [-0.39, 0.29) is 35.7 Å². The van der Waals surface area contributed by atoms with Gasteiger partial charge in [0.2, 0.25) is 0 Å². The SMILES string of the molecule is COc1cc(OC)c2c(c1)OCC/C(=C\c1c(F)cccc1C(F)(F)F)C2=O. The molecule has 0 saturated carbocycles. The van der Waals surface area contributed by atoms with Crippen LogP contribution in [-0.2, 0) is 6.18 Å². The third-order valence-electron chi connectivity index (χ3n) is 4.32. The third kappa shape index (κ3) is 3.67. The minimum atomic E-state index is -4.76. The van der Waals surface area contributed by atoms with Gasteiger partial charge >= 0.3 is 6.18 Å². The maximum atomic E-state index is 14.2. The first-order chi connectivity index (χ1) is 13.3. The first-order valence-corrected chi connectivity index (χ1v) is 8.26. The molecule has 0 fully saturated rings. The largest absolute Gasteiger partial charge is 0.496 e. The summed E-state index contributed by atoms with van der Waals surface area (Å²) in [5, 5.41) is 0. The fourth-order valence-electron chi connectivity index (χ4n) is 2.97. The molecule has 0 unspecified atom stereocenters. The van der Waals surface area contributed by atoms with Crippen molar-refractivity contribution in [2.45, 2.75) is 12.6 Å². The fourth-order valence-corrected chi connectivity index (χ4v) is 2.97. The zero-order chi connectivity index (χ0) is 20.5. The van der Waals surface area contributed by atoms with Crippen LogP contribution in [-0.4, -0.2) is 26.6 Å². The Morgan fingerprint density at radius 3 is 2.54 bits per heavy atom. The highest BCUT2D eigenvalue weighted by Crippen LogP contribution is 2.39. The van der Waals surface area contributed by atoms with Crippen LogP contribution in [0.4, 0.5) is 17.6 Å². The number of halogens is 4. The molecule has 0 bridgehead atoms. The Bertz CT molecular complexity index is 948. The van der Waals surface area contributed by atoms with Crippen LogP contribution >= 0.6 is 0 Å². The predicted molar refractivity (Wildman–Crippen MR) is 93.4 cm³/mol. The van der Waals surface area contributed by atoms with E-state index in [0.717, 1.165) is 24.3 Å². The van der Waals surface area contributed by atoms with Crippen molar-refractivity contribution >= 4 is 11.9 Å². The zero-order valence-electron chi connectivity index (χ0n) is 15.0. The van der Waals surface area contributed by atoms with Gasteiger partial charge in [-0.25, -0.2) is 4.39 Å². The number of fused-ring (bicyclic) bond motifs is 1. The van der Waals surface area contributed by atoms with Crippen molar-refractivity contribution in [3.8, 4) is 17.2 Å². The van der Waals surface area contributed by atoms with Crippen molar-refractivity contribution in [1.82, 2.24) is 0 Å². The molecule has 0 aromatic heterocycles. The van der Waals surface area contributed by atoms with E-state index in [4.69, 9.17) is 14.2 Å². The Balaban J connectivity index is 2.16. The average molecular weight is 396 g/mol. The third-order valence-corrected chi connectivity index (χ3v) is 4.32. The summed E-state index contributed by atoms with van der Waals surface area (Å²) in [5.41, 5.74) is -1.80. The Kier molecular flexibility index (Phi) is 5.31. The van der Waals surface area contributed by atoms with Crippen LogP contribution in [0.1, 0.15) is 27.9 Å². The molecule has 4 nitrogen and oxygen atoms in total. The summed E-state index contributed by atoms with van der Waals surface area (Å²) < 4.78 is 69.9. The molecular formula is C20H16F4O4. The molecule has 1 aliphatic rings. The molecule has 2 aromatic rings. The number of ether oxygens (including phenoxy) is 3. The number of benzene rings is 2. The zero-order valence-corrected chi connectivity index (χ0v) is 15.0. The molecule has 3 rings (SSSR count). The Morgan fingerprint density at radius 2 is 1.89 bits per heavy atom. The number of carbonyl (C=O) groups excluding carboxylic acids is 1. The highest BCUT2D eigenvalue weighted by atomic mass is 19.4. The smallest absolute Gasteiger partial charge is 0.417 e. The lowest BCUT2D eigenvalue weighted by Gasteiger charge is -2.13. The number of methoxy groups -OCH3 is 2. The summed E-state index contributed by atoms with van der Waals surface area (Å²) in [6.45, 7) is 0.0245. The molecule has 1 heterocycles. The number of Topliss-reactive ketones (excluding diaryl/α,β-unsaturated/α-hetero) is 1. The number of alkyl halides is 3. The minimum Gasteiger partial charge on any atom is -0.496 e. The van der Waals surface area contributed by atoms with Crippen molar-refractivity contribution in [3.63, 3.8) is 0 Å². The highest BCUT2D eigenvalue weighted by molar-refractivity contribution is 6.15. The van der Waals surface area contributed by atoms with E-state index in [9.17, 15) is 22.4 Å². The second-order valence-electron chi connectivity index (χ2n) is 6.00. The van der Waals surface area contributed by atoms with Crippen LogP contribution in [0.5, 0.6) is 17.2 Å². The predicted octanol–water partition coefficient (Wildman–Crippen LogP) is 4.91. The number of rotatable bonds is 3. The number of hydrogen-bond acceptors (Lipinski definition) is 4. The fraction of sp³-hybridized carbons (Fsp3) is 0.250. The van der Waals surface area contributed by atoms with Gasteiger partial charge in [0.25, 0.3) is 0 Å². The summed E-state index contributed by atoms with van der Waals surface area (Å²) in [6.07, 6.45) is -3.82. The summed E-state index contributed by atoms with van der Waals surface area (Å²) in [7, 11) is 2.77. The van der Waals surface area contributed by atoms with Crippen LogP contribution in [0.3, 0.4) is 0 Å². The molecule has 8 heteroatoms. The van der Waals surface area contributed by atoms with Gasteiger partial charge in [0, 0.05) is 29.7 Å². The summed E-state index contributed by atoms with van der Waals surface area (Å²) >= 11 is 0. The van der Waals surface area contributed by atoms with Crippen molar-refractivity contribution in [1.29, 1.82) is 0 Å². The van der Waals surface area contributed by atoms with Gasteiger partial charge in [-0.3, -0.25) is 4.79 Å². The lowest BCUT2D eigenvalue weighted by Crippen LogP contribution is -2.10. The molecule has 0 atom stereocenters. The standard InChI is InChI=1S/C20H16F4O4/c1-26-12-9-16(27-2)18-17(10-12)28-7-6-11(19(18)25)8-13-14(20(22,23)24)4-3-5-15(13)21/h3-5,8-10H,6-7H2,1-2H3/b11-8+. The number of hydrogen-bond donors (Lipinski definition) is 0. The number of ketones is 1. The van der Waals surface area contributed by atoms with Crippen LogP contribution in [0.2, 0.25) is 0 Å². The van der Waals surface area contributed by atoms with Gasteiger partial charge < -0.3 is 14.2 Å². The molecule has 148 valence electrons. The van der Waals surface area contributed by atoms with Gasteiger partial charge in [0.15, 0.2) is 5.78 Å². The minimum absolute atomic E-state index is 0.00458. The van der Waals surface area contributed by atoms with E-state index in [0.29, 0.717) is 5.75 Å². The van der Waals surface area contributed by atoms with Gasteiger partial charge in [-0.05, 0) is 18.2 Å². The second kappa shape index (κ2) is 7.53. The molecule has 1 aliphatic heterocycles. The van der Waals surface area contributed by atoms with E-state index in [2.05, 4.69) is 0 Å². The van der Waals surface area contributed by atoms with Gasteiger partial charge in [0.1, 0.15) is 28.6 Å². The molecule has 0 aliphatic carbocycles. The van der Waals surface area contributed by atoms with E-state index in [1.54, 1.807) is 0 Å². The second-order valence-corrected chi connectivity index (χ2v) is 6.00. The van der Waals surface area contributed by atoms with E-state index in [1.807, 2.05) is 0 Å². The highest BCUT2D eigenvalue weighted by Gasteiger charge is 2.35.